The fourth-order valence-corrected chi connectivity index (χ4v) is 12.6. The Morgan fingerprint density at radius 1 is 0.494 bits per heavy atom. The molecule has 4 aliphatic heterocycles. The summed E-state index contributed by atoms with van der Waals surface area (Å²) in [6.45, 7) is 13.1. The summed E-state index contributed by atoms with van der Waals surface area (Å²) in [7, 11) is 0. The van der Waals surface area contributed by atoms with E-state index in [0.29, 0.717) is 51.4 Å². The Bertz CT molecular complexity index is 2090. The van der Waals surface area contributed by atoms with Crippen LogP contribution in [0.3, 0.4) is 0 Å². The standard InChI is InChI=1S/C55H89O24PS/c1-10-17-43(56)64-23-13-15-25-66-45(58)19-21-53(8)74-35-41(78-53)29-68-47(60)27-38(49(62)70-31-39-33-72-51(4,5)76-39)37-80(81)55(12-3,50(63)71-32-40-34-73-52(6,7)77-40)28-48(61)69-30-42-36-75-54(9,79-42)22-20-46(59)67-26-16-14-24-65-44(57)18-11-2/h38-42,80H,10-37H2,1-9H3. The minimum absolute atomic E-state index is 0.0144. The Morgan fingerprint density at radius 2 is 0.877 bits per heavy atom. The molecule has 0 bridgehead atoms. The van der Waals surface area contributed by atoms with Gasteiger partial charge in [0.05, 0.1) is 84.5 Å². The zero-order valence-electron chi connectivity index (χ0n) is 48.9. The SMILES string of the molecule is CCCC(=O)OCCCCOC(=O)CCC1(C)OCC(COC(=O)CC(C[PH](=S)C(CC)(CC(=O)OCC2COC(C)(CCC(=O)OCCCCOC(=O)CCC)O2)C(=O)OCC2COC(C)(C)O2)C(=O)OCC2COC(C)(C)O2)O1. The molecule has 9 atom stereocenters. The van der Waals surface area contributed by atoms with Crippen LogP contribution in [0, 0.1) is 5.92 Å². The van der Waals surface area contributed by atoms with E-state index in [1.807, 2.05) is 13.8 Å². The Hall–Kier alpha value is -3.91. The first kappa shape index (κ1) is 69.6. The first-order valence-electron chi connectivity index (χ1n) is 28.4. The molecule has 0 aromatic carbocycles. The molecule has 4 aliphatic rings. The molecule has 0 radical (unpaired) electrons. The molecule has 0 saturated carbocycles. The Morgan fingerprint density at radius 3 is 1.28 bits per heavy atom. The van der Waals surface area contributed by atoms with Crippen LogP contribution in [0.25, 0.3) is 0 Å². The summed E-state index contributed by atoms with van der Waals surface area (Å²) in [5, 5.41) is -1.70. The van der Waals surface area contributed by atoms with E-state index in [-0.39, 0.29) is 129 Å². The molecule has 4 fully saturated rings. The molecule has 0 aromatic heterocycles. The number of rotatable bonds is 38. The van der Waals surface area contributed by atoms with E-state index in [0.717, 1.165) is 0 Å². The van der Waals surface area contributed by atoms with E-state index in [9.17, 15) is 38.4 Å². The normalized spacial score (nSPS) is 25.2. The molecule has 4 rings (SSSR count). The average Bonchev–Trinajstić information content (AvgIpc) is 4.19. The smallest absolute Gasteiger partial charge is 0.317 e. The van der Waals surface area contributed by atoms with Gasteiger partial charge in [-0.1, -0.05) is 32.6 Å². The molecule has 0 aliphatic carbocycles. The second-order valence-electron chi connectivity index (χ2n) is 21.8. The minimum atomic E-state index is -2.65. The molecular weight excluding hydrogens is 1110 g/mol. The van der Waals surface area contributed by atoms with E-state index >= 15 is 0 Å². The number of hydrogen-bond donors (Lipinski definition) is 0. The van der Waals surface area contributed by atoms with Crippen molar-refractivity contribution in [2.45, 2.75) is 211 Å². The van der Waals surface area contributed by atoms with Crippen molar-refractivity contribution >= 4 is 66.3 Å². The highest BCUT2D eigenvalue weighted by molar-refractivity contribution is 8.06. The first-order chi connectivity index (χ1) is 38.3. The molecule has 26 heteroatoms. The predicted octanol–water partition coefficient (Wildman–Crippen LogP) is 5.84. The molecule has 0 aromatic rings. The summed E-state index contributed by atoms with van der Waals surface area (Å²) in [4.78, 5) is 104. The molecule has 464 valence electrons. The maximum Gasteiger partial charge on any atom is 0.317 e. The van der Waals surface area contributed by atoms with Gasteiger partial charge >= 0.3 is 47.8 Å². The van der Waals surface area contributed by atoms with Crippen molar-refractivity contribution in [1.29, 1.82) is 0 Å². The van der Waals surface area contributed by atoms with E-state index in [4.69, 9.17) is 87.6 Å². The van der Waals surface area contributed by atoms with Crippen molar-refractivity contribution in [2.75, 3.05) is 85.4 Å². The zero-order valence-corrected chi connectivity index (χ0v) is 50.7. The van der Waals surface area contributed by atoms with Gasteiger partial charge in [-0.25, -0.2) is 0 Å². The summed E-state index contributed by atoms with van der Waals surface area (Å²) < 4.78 is 90.6. The van der Waals surface area contributed by atoms with E-state index < -0.39 is 114 Å². The molecular formula is C55H89O24PS. The lowest BCUT2D eigenvalue weighted by Gasteiger charge is -2.33. The molecule has 4 saturated heterocycles. The van der Waals surface area contributed by atoms with Crippen LogP contribution in [0.4, 0.5) is 0 Å². The number of carbonyl (C=O) groups is 8. The number of unbranched alkanes of at least 4 members (excludes halogenated alkanes) is 2. The molecule has 0 N–H and O–H groups in total. The van der Waals surface area contributed by atoms with Gasteiger partial charge in [-0.2, -0.15) is 0 Å². The second kappa shape index (κ2) is 34.1. The van der Waals surface area contributed by atoms with E-state index in [1.165, 1.54) is 0 Å². The maximum absolute atomic E-state index is 14.5. The lowest BCUT2D eigenvalue weighted by molar-refractivity contribution is -0.175. The topological polar surface area (TPSA) is 284 Å². The largest absolute Gasteiger partial charge is 0.466 e. The van der Waals surface area contributed by atoms with Gasteiger partial charge in [-0.3, -0.25) is 38.4 Å². The minimum Gasteiger partial charge on any atom is -0.466 e. The van der Waals surface area contributed by atoms with Crippen molar-refractivity contribution in [3.8, 4) is 0 Å². The third kappa shape index (κ3) is 25.5. The fraction of sp³-hybridized carbons (Fsp3) is 0.855. The number of ether oxygens (including phenoxy) is 16. The summed E-state index contributed by atoms with van der Waals surface area (Å²) >= 11 is 6.18. The molecule has 9 unspecified atom stereocenters. The van der Waals surface area contributed by atoms with Crippen molar-refractivity contribution in [2.24, 2.45) is 5.92 Å². The van der Waals surface area contributed by atoms with E-state index in [1.54, 1.807) is 48.5 Å². The van der Waals surface area contributed by atoms with Crippen LogP contribution >= 0.6 is 6.70 Å². The van der Waals surface area contributed by atoms with Gasteiger partial charge in [0, 0.05) is 25.7 Å². The molecule has 81 heavy (non-hydrogen) atoms. The third-order valence-corrected chi connectivity index (χ3v) is 17.9. The summed E-state index contributed by atoms with van der Waals surface area (Å²) in [6, 6.07) is 0. The number of esters is 8. The third-order valence-electron chi connectivity index (χ3n) is 13.5. The van der Waals surface area contributed by atoms with Gasteiger partial charge in [0.2, 0.25) is 0 Å². The van der Waals surface area contributed by atoms with Crippen LogP contribution in [0.15, 0.2) is 0 Å². The molecule has 0 spiro atoms. The van der Waals surface area contributed by atoms with Crippen LogP contribution in [0.5, 0.6) is 0 Å². The second-order valence-corrected chi connectivity index (χ2v) is 25.5. The summed E-state index contributed by atoms with van der Waals surface area (Å²) in [5.41, 5.74) is 0. The van der Waals surface area contributed by atoms with Gasteiger partial charge < -0.3 is 75.8 Å². The highest BCUT2D eigenvalue weighted by Gasteiger charge is 2.48. The number of hydrogen-bond acceptors (Lipinski definition) is 25. The Labute approximate surface area is 481 Å². The van der Waals surface area contributed by atoms with Gasteiger partial charge in [0.1, 0.15) is 56.0 Å². The maximum atomic E-state index is 14.5. The predicted molar refractivity (Wildman–Crippen MR) is 289 cm³/mol. The summed E-state index contributed by atoms with van der Waals surface area (Å²) in [5.74, 6) is -10.2. The Balaban J connectivity index is 1.36. The quantitative estimate of drug-likeness (QED) is 0.0304. The zero-order chi connectivity index (χ0) is 59.7. The fourth-order valence-electron chi connectivity index (χ4n) is 8.94. The lowest BCUT2D eigenvalue weighted by atomic mass is 10.0. The molecule has 4 heterocycles. The van der Waals surface area contributed by atoms with Crippen molar-refractivity contribution in [3.05, 3.63) is 0 Å². The molecule has 0 amide bonds. The highest BCUT2D eigenvalue weighted by atomic mass is 32.4. The van der Waals surface area contributed by atoms with Gasteiger partial charge in [-0.05, 0) is 99.3 Å². The van der Waals surface area contributed by atoms with Crippen molar-refractivity contribution in [3.63, 3.8) is 0 Å². The van der Waals surface area contributed by atoms with Crippen LogP contribution in [0.1, 0.15) is 159 Å². The summed E-state index contributed by atoms with van der Waals surface area (Å²) in [6.07, 6.45) is 0.514. The first-order valence-corrected chi connectivity index (χ1v) is 31.2. The van der Waals surface area contributed by atoms with Crippen LogP contribution in [-0.4, -0.2) is 186 Å². The highest BCUT2D eigenvalue weighted by Crippen LogP contribution is 2.48. The molecule has 24 nitrogen and oxygen atoms in total. The van der Waals surface area contributed by atoms with Crippen LogP contribution in [-0.2, 0) is 126 Å². The monoisotopic (exact) mass is 1200 g/mol. The lowest BCUT2D eigenvalue weighted by Crippen LogP contribution is -2.42. The van der Waals surface area contributed by atoms with Crippen molar-refractivity contribution < 1.29 is 114 Å². The van der Waals surface area contributed by atoms with Gasteiger partial charge in [-0.15, -0.1) is 0 Å². The van der Waals surface area contributed by atoms with E-state index in [2.05, 4.69) is 0 Å². The van der Waals surface area contributed by atoms with Gasteiger partial charge in [0.25, 0.3) is 0 Å². The van der Waals surface area contributed by atoms with Gasteiger partial charge in [0.15, 0.2) is 23.1 Å². The van der Waals surface area contributed by atoms with Crippen LogP contribution < -0.4 is 0 Å². The average molecular weight is 1200 g/mol. The number of carbonyl (C=O) groups excluding carboxylic acids is 8. The van der Waals surface area contributed by atoms with Crippen LogP contribution in [0.2, 0.25) is 0 Å². The Kier molecular flexibility index (Phi) is 29.3. The van der Waals surface area contributed by atoms with Crippen molar-refractivity contribution in [1.82, 2.24) is 0 Å².